The van der Waals surface area contributed by atoms with E-state index in [1.165, 1.54) is 57.7 Å². The van der Waals surface area contributed by atoms with Crippen LogP contribution in [0.2, 0.25) is 0 Å². The topological polar surface area (TPSA) is 132 Å². The molecule has 0 aliphatic rings. The summed E-state index contributed by atoms with van der Waals surface area (Å²) >= 11 is 0. The minimum atomic E-state index is -3.76. The van der Waals surface area contributed by atoms with Crippen molar-refractivity contribution in [3.63, 3.8) is 0 Å². The van der Waals surface area contributed by atoms with Gasteiger partial charge in [-0.15, -0.1) is 0 Å². The summed E-state index contributed by atoms with van der Waals surface area (Å²) < 4.78 is 53.7. The minimum Gasteiger partial charge on any atom is -0.491 e. The Kier molecular flexibility index (Phi) is 6.81. The molecule has 0 radical (unpaired) electrons. The van der Waals surface area contributed by atoms with E-state index in [0.717, 1.165) is 21.6 Å². The first-order valence-corrected chi connectivity index (χ1v) is 14.8. The number of methoxy groups -OCH3 is 1. The third-order valence-corrected chi connectivity index (χ3v) is 8.27. The Balaban J connectivity index is 1.65. The van der Waals surface area contributed by atoms with E-state index in [9.17, 15) is 17.6 Å². The molecule has 11 nitrogen and oxygen atoms in total. The smallest absolute Gasteiger partial charge is 0.255 e. The lowest BCUT2D eigenvalue weighted by atomic mass is 10.0. The van der Waals surface area contributed by atoms with Gasteiger partial charge in [0.25, 0.3) is 5.91 Å². The highest BCUT2D eigenvalue weighted by atomic mass is 32.2. The molecule has 43 heavy (non-hydrogen) atoms. The van der Waals surface area contributed by atoms with E-state index in [1.54, 1.807) is 17.0 Å². The van der Waals surface area contributed by atoms with Crippen LogP contribution < -0.4 is 14.4 Å². The average molecular weight is 601 g/mol. The van der Waals surface area contributed by atoms with Gasteiger partial charge in [0, 0.05) is 36.7 Å². The first-order chi connectivity index (χ1) is 20.6. The molecule has 3 heterocycles. The van der Waals surface area contributed by atoms with E-state index in [-0.39, 0.29) is 28.4 Å². The number of anilines is 1. The highest BCUT2D eigenvalue weighted by molar-refractivity contribution is 7.92. The molecule has 0 aliphatic heterocycles. The summed E-state index contributed by atoms with van der Waals surface area (Å²) in [7, 11) is 0.621. The summed E-state index contributed by atoms with van der Waals surface area (Å²) in [6, 6.07) is 16.2. The summed E-state index contributed by atoms with van der Waals surface area (Å²) in [6.07, 6.45) is 4.17. The zero-order valence-electron chi connectivity index (χ0n) is 23.5. The Hall–Kier alpha value is -5.30. The standard InChI is InChI=1S/C30H25FN6O5S/c1-32-30(38)26-20-13-19(28-33-15-25(41-3)29(35-28)37-16-34-21-7-5-6-8-22(21)37)23(36(2)43(4,39)40)14-24(20)42-27(26)17-9-11-18(31)12-10-17/h5-16H,1-4H3,(H,32,38). The first-order valence-electron chi connectivity index (χ1n) is 13.0. The predicted octanol–water partition coefficient (Wildman–Crippen LogP) is 4.80. The molecule has 1 amide bonds. The summed E-state index contributed by atoms with van der Waals surface area (Å²) in [4.78, 5) is 26.9. The maximum atomic E-state index is 13.7. The Morgan fingerprint density at radius 3 is 2.53 bits per heavy atom. The monoisotopic (exact) mass is 600 g/mol. The van der Waals surface area contributed by atoms with Crippen molar-refractivity contribution in [1.82, 2.24) is 24.8 Å². The third kappa shape index (κ3) is 4.83. The number of imidazole rings is 1. The number of para-hydroxylation sites is 2. The number of hydrogen-bond donors (Lipinski definition) is 1. The van der Waals surface area contributed by atoms with Gasteiger partial charge in [-0.25, -0.2) is 27.8 Å². The second kappa shape index (κ2) is 10.5. The lowest BCUT2D eigenvalue weighted by Crippen LogP contribution is -2.25. The zero-order chi connectivity index (χ0) is 30.5. The van der Waals surface area contributed by atoms with Gasteiger partial charge in [0.05, 0.1) is 41.8 Å². The van der Waals surface area contributed by atoms with Gasteiger partial charge in [0.15, 0.2) is 17.4 Å². The Morgan fingerprint density at radius 1 is 1.09 bits per heavy atom. The highest BCUT2D eigenvalue weighted by Crippen LogP contribution is 2.41. The average Bonchev–Trinajstić information content (AvgIpc) is 3.61. The fraction of sp³-hybridized carbons (Fsp3) is 0.133. The molecular weight excluding hydrogens is 575 g/mol. The van der Waals surface area contributed by atoms with Crippen molar-refractivity contribution in [3.8, 4) is 34.3 Å². The molecule has 3 aromatic heterocycles. The van der Waals surface area contributed by atoms with Crippen LogP contribution in [0.3, 0.4) is 0 Å². The van der Waals surface area contributed by atoms with Gasteiger partial charge in [-0.2, -0.15) is 0 Å². The lowest BCUT2D eigenvalue weighted by Gasteiger charge is -2.20. The Labute approximate surface area is 245 Å². The number of ether oxygens (including phenoxy) is 1. The number of aromatic nitrogens is 4. The lowest BCUT2D eigenvalue weighted by molar-refractivity contribution is 0.0964. The van der Waals surface area contributed by atoms with Crippen molar-refractivity contribution in [2.45, 2.75) is 0 Å². The van der Waals surface area contributed by atoms with Gasteiger partial charge in [0.1, 0.15) is 23.5 Å². The summed E-state index contributed by atoms with van der Waals surface area (Å²) in [5.41, 5.74) is 2.93. The number of benzene rings is 3. The molecule has 0 saturated heterocycles. The molecule has 0 fully saturated rings. The fourth-order valence-electron chi connectivity index (χ4n) is 4.84. The molecule has 6 rings (SSSR count). The number of carbonyl (C=O) groups is 1. The molecular formula is C30H25FN6O5S. The van der Waals surface area contributed by atoms with E-state index >= 15 is 0 Å². The SMILES string of the molecule is CNC(=O)c1c(-c2ccc(F)cc2)oc2cc(N(C)S(C)(=O)=O)c(-c3ncc(OC)c(-n4cnc5ccccc54)n3)cc12. The van der Waals surface area contributed by atoms with Crippen molar-refractivity contribution in [2.75, 3.05) is 31.8 Å². The molecule has 13 heteroatoms. The number of hydrogen-bond acceptors (Lipinski definition) is 8. The van der Waals surface area contributed by atoms with Crippen LogP contribution in [0.25, 0.3) is 50.5 Å². The number of nitrogens with zero attached hydrogens (tertiary/aromatic N) is 5. The van der Waals surface area contributed by atoms with Crippen LogP contribution in [0.15, 0.2) is 77.6 Å². The predicted molar refractivity (Wildman–Crippen MR) is 160 cm³/mol. The van der Waals surface area contributed by atoms with Crippen LogP contribution in [-0.4, -0.2) is 61.3 Å². The molecule has 1 N–H and O–H groups in total. The van der Waals surface area contributed by atoms with Gasteiger partial charge in [0.2, 0.25) is 10.0 Å². The number of sulfonamides is 1. The number of halogens is 1. The molecule has 3 aromatic carbocycles. The maximum absolute atomic E-state index is 13.7. The number of rotatable bonds is 7. The van der Waals surface area contributed by atoms with Crippen LogP contribution in [0.5, 0.6) is 5.75 Å². The van der Waals surface area contributed by atoms with Gasteiger partial charge >= 0.3 is 0 Å². The van der Waals surface area contributed by atoms with Gasteiger partial charge < -0.3 is 14.5 Å². The van der Waals surface area contributed by atoms with Gasteiger partial charge in [-0.05, 0) is 42.5 Å². The quantitative estimate of drug-likeness (QED) is 0.276. The summed E-state index contributed by atoms with van der Waals surface area (Å²) in [5.74, 6) is 0.196. The second-order valence-corrected chi connectivity index (χ2v) is 11.7. The van der Waals surface area contributed by atoms with Gasteiger partial charge in [-0.3, -0.25) is 13.7 Å². The normalized spacial score (nSPS) is 11.7. The molecule has 6 aromatic rings. The zero-order valence-corrected chi connectivity index (χ0v) is 24.3. The summed E-state index contributed by atoms with van der Waals surface area (Å²) in [6.45, 7) is 0. The molecule has 218 valence electrons. The van der Waals surface area contributed by atoms with Gasteiger partial charge in [-0.1, -0.05) is 12.1 Å². The molecule has 0 spiro atoms. The molecule has 0 atom stereocenters. The van der Waals surface area contributed by atoms with E-state index in [2.05, 4.69) is 15.3 Å². The molecule has 0 saturated carbocycles. The van der Waals surface area contributed by atoms with Crippen LogP contribution in [0.4, 0.5) is 10.1 Å². The largest absolute Gasteiger partial charge is 0.491 e. The first kappa shape index (κ1) is 27.8. The number of nitrogens with one attached hydrogen (secondary N) is 1. The van der Waals surface area contributed by atoms with Crippen molar-refractivity contribution in [1.29, 1.82) is 0 Å². The van der Waals surface area contributed by atoms with Crippen LogP contribution in [0.1, 0.15) is 10.4 Å². The Morgan fingerprint density at radius 2 is 1.84 bits per heavy atom. The van der Waals surface area contributed by atoms with Crippen molar-refractivity contribution >= 4 is 43.6 Å². The number of carbonyl (C=O) groups excluding carboxylic acids is 1. The van der Waals surface area contributed by atoms with Crippen molar-refractivity contribution < 1.29 is 26.8 Å². The van der Waals surface area contributed by atoms with E-state index < -0.39 is 21.7 Å². The molecule has 0 aliphatic carbocycles. The Bertz CT molecular complexity index is 2140. The van der Waals surface area contributed by atoms with Crippen LogP contribution >= 0.6 is 0 Å². The van der Waals surface area contributed by atoms with E-state index in [1.807, 2.05) is 24.3 Å². The van der Waals surface area contributed by atoms with E-state index in [0.29, 0.717) is 28.1 Å². The van der Waals surface area contributed by atoms with Crippen molar-refractivity contribution in [3.05, 3.63) is 84.6 Å². The third-order valence-electron chi connectivity index (χ3n) is 7.08. The van der Waals surface area contributed by atoms with Crippen LogP contribution in [-0.2, 0) is 10.0 Å². The number of amides is 1. The summed E-state index contributed by atoms with van der Waals surface area (Å²) in [5, 5.41) is 3.01. The van der Waals surface area contributed by atoms with E-state index in [4.69, 9.17) is 14.1 Å². The maximum Gasteiger partial charge on any atom is 0.255 e. The van der Waals surface area contributed by atoms with Crippen LogP contribution in [0, 0.1) is 5.82 Å². The number of furan rings is 1. The highest BCUT2D eigenvalue weighted by Gasteiger charge is 2.27. The molecule has 0 unspecified atom stereocenters. The second-order valence-electron chi connectivity index (χ2n) is 9.68. The minimum absolute atomic E-state index is 0.161. The fourth-order valence-corrected chi connectivity index (χ4v) is 5.35. The van der Waals surface area contributed by atoms with Crippen molar-refractivity contribution in [2.24, 2.45) is 0 Å². The molecule has 0 bridgehead atoms. The number of fused-ring (bicyclic) bond motifs is 2.